The van der Waals surface area contributed by atoms with Gasteiger partial charge in [-0.15, -0.1) is 11.6 Å². The summed E-state index contributed by atoms with van der Waals surface area (Å²) in [6, 6.07) is 5.92. The Morgan fingerprint density at radius 2 is 2.00 bits per heavy atom. The van der Waals surface area contributed by atoms with Crippen LogP contribution < -0.4 is 0 Å². The Morgan fingerprint density at radius 1 is 1.30 bits per heavy atom. The van der Waals surface area contributed by atoms with Crippen LogP contribution in [0.25, 0.3) is 0 Å². The molecule has 0 aliphatic heterocycles. The molecule has 0 unspecified atom stereocenters. The van der Waals surface area contributed by atoms with Gasteiger partial charge in [-0.2, -0.15) is 0 Å². The van der Waals surface area contributed by atoms with Crippen molar-refractivity contribution in [1.82, 2.24) is 4.90 Å². The van der Waals surface area contributed by atoms with Crippen molar-refractivity contribution < 1.29 is 4.79 Å². The maximum atomic E-state index is 12.8. The van der Waals surface area contributed by atoms with Gasteiger partial charge in [0.1, 0.15) is 0 Å². The van der Waals surface area contributed by atoms with Crippen molar-refractivity contribution in [2.75, 3.05) is 12.4 Å². The van der Waals surface area contributed by atoms with Crippen molar-refractivity contribution in [3.63, 3.8) is 0 Å². The van der Waals surface area contributed by atoms with Crippen LogP contribution in [-0.4, -0.2) is 29.3 Å². The maximum Gasteiger partial charge on any atom is 0.255 e. The van der Waals surface area contributed by atoms with Gasteiger partial charge in [-0.25, -0.2) is 0 Å². The molecule has 1 aromatic rings. The molecule has 0 saturated heterocycles. The summed E-state index contributed by atoms with van der Waals surface area (Å²) in [6.45, 7) is 2.51. The summed E-state index contributed by atoms with van der Waals surface area (Å²) < 4.78 is 0. The molecule has 1 fully saturated rings. The number of hydrogen-bond acceptors (Lipinski definition) is 1. The molecule has 2 rings (SSSR count). The van der Waals surface area contributed by atoms with E-state index in [2.05, 4.69) is 0 Å². The Bertz CT molecular complexity index is 470. The third-order valence-corrected chi connectivity index (χ3v) is 4.69. The normalized spacial score (nSPS) is 16.1. The van der Waals surface area contributed by atoms with Crippen LogP contribution in [0.5, 0.6) is 0 Å². The first-order valence-corrected chi connectivity index (χ1v) is 8.18. The minimum atomic E-state index is 0.0197. The molecule has 0 spiro atoms. The Balaban J connectivity index is 2.23. The smallest absolute Gasteiger partial charge is 0.255 e. The second kappa shape index (κ2) is 7.33. The lowest BCUT2D eigenvalue weighted by atomic mass is 9.93. The van der Waals surface area contributed by atoms with E-state index < -0.39 is 0 Å². The lowest BCUT2D eigenvalue weighted by molar-refractivity contribution is 0.0650. The van der Waals surface area contributed by atoms with E-state index in [0.29, 0.717) is 29.1 Å². The summed E-state index contributed by atoms with van der Waals surface area (Å²) in [5.41, 5.74) is 1.54. The number of carbonyl (C=O) groups excluding carboxylic acids is 1. The van der Waals surface area contributed by atoms with Gasteiger partial charge >= 0.3 is 0 Å². The van der Waals surface area contributed by atoms with Gasteiger partial charge in [0.25, 0.3) is 5.91 Å². The Morgan fingerprint density at radius 3 is 2.65 bits per heavy atom. The van der Waals surface area contributed by atoms with E-state index in [1.54, 1.807) is 0 Å². The fraction of sp³-hybridized carbons (Fsp3) is 0.562. The zero-order chi connectivity index (χ0) is 14.5. The SMILES string of the molecule is Cc1cccc(C(=O)N(CCCl)C2CCCCC2)c1Cl. The summed E-state index contributed by atoms with van der Waals surface area (Å²) in [4.78, 5) is 14.7. The summed E-state index contributed by atoms with van der Waals surface area (Å²) in [6.07, 6.45) is 5.80. The van der Waals surface area contributed by atoms with E-state index in [0.717, 1.165) is 18.4 Å². The van der Waals surface area contributed by atoms with E-state index >= 15 is 0 Å². The van der Waals surface area contributed by atoms with Crippen molar-refractivity contribution in [3.05, 3.63) is 34.3 Å². The van der Waals surface area contributed by atoms with Crippen LogP contribution in [0.2, 0.25) is 5.02 Å². The van der Waals surface area contributed by atoms with E-state index in [1.165, 1.54) is 19.3 Å². The van der Waals surface area contributed by atoms with Crippen molar-refractivity contribution in [3.8, 4) is 0 Å². The Labute approximate surface area is 131 Å². The number of hydrogen-bond donors (Lipinski definition) is 0. The number of amides is 1. The first kappa shape index (κ1) is 15.7. The number of halogens is 2. The van der Waals surface area contributed by atoms with E-state index in [-0.39, 0.29) is 5.91 Å². The van der Waals surface area contributed by atoms with Gasteiger partial charge < -0.3 is 4.90 Å². The zero-order valence-corrected chi connectivity index (χ0v) is 13.4. The first-order chi connectivity index (χ1) is 9.65. The fourth-order valence-electron chi connectivity index (χ4n) is 2.90. The van der Waals surface area contributed by atoms with Crippen LogP contribution in [0.1, 0.15) is 48.0 Å². The van der Waals surface area contributed by atoms with Gasteiger partial charge in [-0.1, -0.05) is 43.0 Å². The summed E-state index contributed by atoms with van der Waals surface area (Å²) >= 11 is 12.2. The summed E-state index contributed by atoms with van der Waals surface area (Å²) in [5, 5.41) is 0.563. The van der Waals surface area contributed by atoms with Crippen LogP contribution in [-0.2, 0) is 0 Å². The summed E-state index contributed by atoms with van der Waals surface area (Å²) in [5.74, 6) is 0.484. The van der Waals surface area contributed by atoms with Gasteiger partial charge in [-0.3, -0.25) is 4.79 Å². The fourth-order valence-corrected chi connectivity index (χ4v) is 3.29. The van der Waals surface area contributed by atoms with Crippen molar-refractivity contribution in [2.45, 2.75) is 45.1 Å². The molecule has 1 amide bonds. The number of benzene rings is 1. The van der Waals surface area contributed by atoms with Crippen molar-refractivity contribution >= 4 is 29.1 Å². The second-order valence-electron chi connectivity index (χ2n) is 5.42. The molecule has 2 nitrogen and oxygen atoms in total. The van der Waals surface area contributed by atoms with Gasteiger partial charge in [0.2, 0.25) is 0 Å². The molecule has 1 aliphatic rings. The standard InChI is InChI=1S/C16H21Cl2NO/c1-12-6-5-9-14(15(12)18)16(20)19(11-10-17)13-7-3-2-4-8-13/h5-6,9,13H,2-4,7-8,10-11H2,1H3. The third kappa shape index (κ3) is 3.48. The highest BCUT2D eigenvalue weighted by molar-refractivity contribution is 6.34. The average Bonchev–Trinajstić information content (AvgIpc) is 2.48. The molecule has 0 bridgehead atoms. The van der Waals surface area contributed by atoms with Crippen molar-refractivity contribution in [2.24, 2.45) is 0 Å². The van der Waals surface area contributed by atoms with Crippen molar-refractivity contribution in [1.29, 1.82) is 0 Å². The average molecular weight is 314 g/mol. The first-order valence-electron chi connectivity index (χ1n) is 7.27. The molecule has 0 radical (unpaired) electrons. The highest BCUT2D eigenvalue weighted by Gasteiger charge is 2.27. The van der Waals surface area contributed by atoms with Crippen LogP contribution in [0, 0.1) is 6.92 Å². The molecule has 0 aromatic heterocycles. The Kier molecular flexibility index (Phi) is 5.74. The minimum absolute atomic E-state index is 0.0197. The molecule has 1 aliphatic carbocycles. The molecule has 1 saturated carbocycles. The largest absolute Gasteiger partial charge is 0.334 e. The molecule has 20 heavy (non-hydrogen) atoms. The lowest BCUT2D eigenvalue weighted by Crippen LogP contribution is -2.42. The quantitative estimate of drug-likeness (QED) is 0.740. The van der Waals surface area contributed by atoms with Crippen LogP contribution >= 0.6 is 23.2 Å². The Hall–Kier alpha value is -0.730. The van der Waals surface area contributed by atoms with Gasteiger partial charge in [0.05, 0.1) is 10.6 Å². The predicted octanol–water partition coefficient (Wildman–Crippen LogP) is 4.66. The molecule has 4 heteroatoms. The number of aryl methyl sites for hydroxylation is 1. The lowest BCUT2D eigenvalue weighted by Gasteiger charge is -2.34. The second-order valence-corrected chi connectivity index (χ2v) is 6.17. The monoisotopic (exact) mass is 313 g/mol. The van der Waals surface area contributed by atoms with Crippen LogP contribution in [0.3, 0.4) is 0 Å². The highest BCUT2D eigenvalue weighted by atomic mass is 35.5. The molecular formula is C16H21Cl2NO. The number of carbonyl (C=O) groups is 1. The molecule has 1 aromatic carbocycles. The van der Waals surface area contributed by atoms with E-state index in [4.69, 9.17) is 23.2 Å². The van der Waals surface area contributed by atoms with Crippen LogP contribution in [0.4, 0.5) is 0 Å². The summed E-state index contributed by atoms with van der Waals surface area (Å²) in [7, 11) is 0. The molecule has 0 heterocycles. The zero-order valence-electron chi connectivity index (χ0n) is 11.9. The molecule has 110 valence electrons. The van der Waals surface area contributed by atoms with Gasteiger partial charge in [-0.05, 0) is 31.4 Å². The van der Waals surface area contributed by atoms with Gasteiger partial charge in [0, 0.05) is 18.5 Å². The number of nitrogens with zero attached hydrogens (tertiary/aromatic N) is 1. The number of rotatable bonds is 4. The maximum absolute atomic E-state index is 12.8. The third-order valence-electron chi connectivity index (χ3n) is 4.02. The molecule has 0 N–H and O–H groups in total. The highest BCUT2D eigenvalue weighted by Crippen LogP contribution is 2.27. The van der Waals surface area contributed by atoms with Gasteiger partial charge in [0.15, 0.2) is 0 Å². The van der Waals surface area contributed by atoms with E-state index in [9.17, 15) is 4.79 Å². The van der Waals surface area contributed by atoms with Crippen LogP contribution in [0.15, 0.2) is 18.2 Å². The molecule has 0 atom stereocenters. The molecular weight excluding hydrogens is 293 g/mol. The minimum Gasteiger partial charge on any atom is -0.334 e. The predicted molar refractivity (Wildman–Crippen MR) is 84.8 cm³/mol. The van der Waals surface area contributed by atoms with E-state index in [1.807, 2.05) is 30.0 Å². The topological polar surface area (TPSA) is 20.3 Å². The number of alkyl halides is 1.